The highest BCUT2D eigenvalue weighted by molar-refractivity contribution is 6.31. The average Bonchev–Trinajstić information content (AvgIpc) is 2.82. The lowest BCUT2D eigenvalue weighted by Crippen LogP contribution is -2.14. The number of carbonyl (C=O) groups excluding carboxylic acids is 1. The van der Waals surface area contributed by atoms with Gasteiger partial charge in [-0.25, -0.2) is 0 Å². The third kappa shape index (κ3) is 5.56. The van der Waals surface area contributed by atoms with Crippen LogP contribution in [-0.2, 0) is 23.0 Å². The second-order valence-electron chi connectivity index (χ2n) is 7.59. The Morgan fingerprint density at radius 2 is 1.93 bits per heavy atom. The summed E-state index contributed by atoms with van der Waals surface area (Å²) < 4.78 is 7.73. The van der Waals surface area contributed by atoms with E-state index in [0.717, 1.165) is 16.6 Å². The van der Waals surface area contributed by atoms with Gasteiger partial charge in [-0.3, -0.25) is 9.59 Å². The summed E-state index contributed by atoms with van der Waals surface area (Å²) in [7, 11) is 1.94. The van der Waals surface area contributed by atoms with Crippen molar-refractivity contribution in [2.24, 2.45) is 18.9 Å². The second kappa shape index (κ2) is 9.38. The molecular formula is C21H28ClNO4. The van der Waals surface area contributed by atoms with Crippen LogP contribution < -0.4 is 0 Å². The molecule has 1 atom stereocenters. The van der Waals surface area contributed by atoms with Crippen LogP contribution in [0.1, 0.15) is 49.7 Å². The molecule has 148 valence electrons. The lowest BCUT2D eigenvalue weighted by molar-refractivity contribution is -0.137. The van der Waals surface area contributed by atoms with Crippen LogP contribution in [0.25, 0.3) is 10.9 Å². The molecule has 1 aromatic carbocycles. The summed E-state index contributed by atoms with van der Waals surface area (Å²) in [5.41, 5.74) is 2.48. The van der Waals surface area contributed by atoms with E-state index >= 15 is 0 Å². The van der Waals surface area contributed by atoms with Gasteiger partial charge in [0.05, 0.1) is 6.61 Å². The van der Waals surface area contributed by atoms with Crippen LogP contribution in [0.5, 0.6) is 0 Å². The van der Waals surface area contributed by atoms with Gasteiger partial charge in [-0.15, -0.1) is 0 Å². The fraction of sp³-hybridized carbons (Fsp3) is 0.524. The van der Waals surface area contributed by atoms with Crippen molar-refractivity contribution in [3.05, 3.63) is 34.5 Å². The van der Waals surface area contributed by atoms with Crippen molar-refractivity contribution in [1.29, 1.82) is 0 Å². The van der Waals surface area contributed by atoms with Gasteiger partial charge in [-0.05, 0) is 30.0 Å². The minimum atomic E-state index is -0.890. The molecule has 2 aromatic rings. The topological polar surface area (TPSA) is 68.5 Å². The molecule has 0 fully saturated rings. The zero-order chi connectivity index (χ0) is 20.1. The van der Waals surface area contributed by atoms with Gasteiger partial charge in [0.15, 0.2) is 5.78 Å². The van der Waals surface area contributed by atoms with Crippen molar-refractivity contribution in [3.63, 3.8) is 0 Å². The van der Waals surface area contributed by atoms with Gasteiger partial charge in [-0.2, -0.15) is 0 Å². The summed E-state index contributed by atoms with van der Waals surface area (Å²) in [6.07, 6.45) is 0.784. The first kappa shape index (κ1) is 21.5. The zero-order valence-electron chi connectivity index (χ0n) is 16.4. The van der Waals surface area contributed by atoms with Crippen LogP contribution >= 0.6 is 11.6 Å². The van der Waals surface area contributed by atoms with E-state index in [2.05, 4.69) is 13.8 Å². The Balaban J connectivity index is 2.35. The number of rotatable bonds is 10. The summed E-state index contributed by atoms with van der Waals surface area (Å²) >= 11 is 6.17. The van der Waals surface area contributed by atoms with Gasteiger partial charge in [0.25, 0.3) is 0 Å². The number of halogens is 1. The van der Waals surface area contributed by atoms with E-state index in [0.29, 0.717) is 36.1 Å². The SMILES string of the molecule is CC(C)COCCc1c(C(=O)C[C@H](C)CC(=O)O)c2cc(Cl)ccc2n1C. The van der Waals surface area contributed by atoms with Crippen LogP contribution in [0, 0.1) is 11.8 Å². The van der Waals surface area contributed by atoms with E-state index in [9.17, 15) is 9.59 Å². The van der Waals surface area contributed by atoms with Crippen molar-refractivity contribution < 1.29 is 19.4 Å². The molecule has 1 aromatic heterocycles. The molecule has 0 amide bonds. The molecule has 27 heavy (non-hydrogen) atoms. The van der Waals surface area contributed by atoms with Crippen LogP contribution in [0.2, 0.25) is 5.02 Å². The number of benzene rings is 1. The Morgan fingerprint density at radius 3 is 2.56 bits per heavy atom. The maximum absolute atomic E-state index is 13.0. The molecule has 0 saturated heterocycles. The molecular weight excluding hydrogens is 366 g/mol. The number of carboxylic acid groups (broad SMARTS) is 1. The number of ketones is 1. The minimum Gasteiger partial charge on any atom is -0.481 e. The third-order valence-electron chi connectivity index (χ3n) is 4.55. The summed E-state index contributed by atoms with van der Waals surface area (Å²) in [4.78, 5) is 24.0. The Bertz CT molecular complexity index is 825. The molecule has 0 aliphatic carbocycles. The first-order chi connectivity index (χ1) is 12.7. The second-order valence-corrected chi connectivity index (χ2v) is 8.03. The number of hydrogen-bond donors (Lipinski definition) is 1. The Morgan fingerprint density at radius 1 is 1.22 bits per heavy atom. The van der Waals surface area contributed by atoms with E-state index in [1.807, 2.05) is 29.8 Å². The summed E-state index contributed by atoms with van der Waals surface area (Å²) in [6, 6.07) is 5.53. The number of Topliss-reactive ketones (excluding diaryl/α,β-unsaturated/α-hetero) is 1. The highest BCUT2D eigenvalue weighted by atomic mass is 35.5. The lowest BCUT2D eigenvalue weighted by Gasteiger charge is -2.11. The predicted molar refractivity (Wildman–Crippen MR) is 108 cm³/mol. The largest absolute Gasteiger partial charge is 0.481 e. The number of fused-ring (bicyclic) bond motifs is 1. The molecule has 2 rings (SSSR count). The van der Waals surface area contributed by atoms with Crippen molar-refractivity contribution in [2.75, 3.05) is 13.2 Å². The van der Waals surface area contributed by atoms with Gasteiger partial charge in [0, 0.05) is 60.1 Å². The lowest BCUT2D eigenvalue weighted by atomic mass is 9.95. The van der Waals surface area contributed by atoms with E-state index < -0.39 is 5.97 Å². The van der Waals surface area contributed by atoms with Gasteiger partial charge in [0.2, 0.25) is 0 Å². The normalized spacial score (nSPS) is 12.7. The Kier molecular flexibility index (Phi) is 7.45. The number of hydrogen-bond acceptors (Lipinski definition) is 3. The predicted octanol–water partition coefficient (Wildman–Crippen LogP) is 4.73. The third-order valence-corrected chi connectivity index (χ3v) is 4.79. The molecule has 0 bridgehead atoms. The molecule has 0 aliphatic rings. The Hall–Kier alpha value is -1.85. The highest BCUT2D eigenvalue weighted by Crippen LogP contribution is 2.30. The van der Waals surface area contributed by atoms with Crippen molar-refractivity contribution >= 4 is 34.3 Å². The fourth-order valence-corrected chi connectivity index (χ4v) is 3.52. The number of ether oxygens (including phenoxy) is 1. The van der Waals surface area contributed by atoms with Gasteiger partial charge in [0.1, 0.15) is 0 Å². The fourth-order valence-electron chi connectivity index (χ4n) is 3.35. The smallest absolute Gasteiger partial charge is 0.303 e. The molecule has 0 radical (unpaired) electrons. The number of nitrogens with zero attached hydrogens (tertiary/aromatic N) is 1. The van der Waals surface area contributed by atoms with Crippen molar-refractivity contribution in [2.45, 2.75) is 40.0 Å². The van der Waals surface area contributed by atoms with E-state index in [1.165, 1.54) is 0 Å². The number of aromatic nitrogens is 1. The molecule has 0 unspecified atom stereocenters. The maximum Gasteiger partial charge on any atom is 0.303 e. The number of aryl methyl sites for hydroxylation is 1. The van der Waals surface area contributed by atoms with Crippen LogP contribution in [0.3, 0.4) is 0 Å². The molecule has 6 heteroatoms. The van der Waals surface area contributed by atoms with Gasteiger partial charge in [-0.1, -0.05) is 32.4 Å². The van der Waals surface area contributed by atoms with E-state index in [-0.39, 0.29) is 24.5 Å². The van der Waals surface area contributed by atoms with Crippen LogP contribution in [0.4, 0.5) is 0 Å². The molecule has 0 spiro atoms. The van der Waals surface area contributed by atoms with E-state index in [4.69, 9.17) is 21.4 Å². The molecule has 0 saturated carbocycles. The maximum atomic E-state index is 13.0. The average molecular weight is 394 g/mol. The standard InChI is InChI=1S/C21H28ClNO4/c1-13(2)12-27-8-7-18-21(19(24)9-14(3)10-20(25)26)16-11-15(22)5-6-17(16)23(18)4/h5-6,11,13-14H,7-10,12H2,1-4H3,(H,25,26)/t14-/m0/s1. The quantitative estimate of drug-likeness (QED) is 0.468. The molecule has 1 N–H and O–H groups in total. The zero-order valence-corrected chi connectivity index (χ0v) is 17.2. The number of carbonyl (C=O) groups is 2. The monoisotopic (exact) mass is 393 g/mol. The molecule has 0 aliphatic heterocycles. The summed E-state index contributed by atoms with van der Waals surface area (Å²) in [6.45, 7) is 7.18. The first-order valence-electron chi connectivity index (χ1n) is 9.30. The number of carboxylic acids is 1. The van der Waals surface area contributed by atoms with Crippen molar-refractivity contribution in [1.82, 2.24) is 4.57 Å². The van der Waals surface area contributed by atoms with E-state index in [1.54, 1.807) is 6.92 Å². The summed E-state index contributed by atoms with van der Waals surface area (Å²) in [5.74, 6) is -0.710. The van der Waals surface area contributed by atoms with Crippen molar-refractivity contribution in [3.8, 4) is 0 Å². The highest BCUT2D eigenvalue weighted by Gasteiger charge is 2.23. The van der Waals surface area contributed by atoms with Crippen LogP contribution in [0.15, 0.2) is 18.2 Å². The number of aliphatic carboxylic acids is 1. The Labute approximate surface area is 165 Å². The van der Waals surface area contributed by atoms with Gasteiger partial charge < -0.3 is 14.4 Å². The molecule has 1 heterocycles. The summed E-state index contributed by atoms with van der Waals surface area (Å²) in [5, 5.41) is 10.4. The van der Waals surface area contributed by atoms with Crippen LogP contribution in [-0.4, -0.2) is 34.6 Å². The molecule has 5 nitrogen and oxygen atoms in total. The first-order valence-corrected chi connectivity index (χ1v) is 9.68. The van der Waals surface area contributed by atoms with Gasteiger partial charge >= 0.3 is 5.97 Å². The minimum absolute atomic E-state index is 0.0237.